The van der Waals surface area contributed by atoms with Crippen LogP contribution in [0.1, 0.15) is 69.8 Å². The Morgan fingerprint density at radius 3 is 2.42 bits per heavy atom. The van der Waals surface area contributed by atoms with Crippen molar-refractivity contribution in [1.82, 2.24) is 13.8 Å². The Morgan fingerprint density at radius 1 is 1.19 bits per heavy atom. The van der Waals surface area contributed by atoms with Gasteiger partial charge in [0.1, 0.15) is 10.6 Å². The number of rotatable bonds is 8. The number of carbonyl (C=O) groups excluding carboxylic acids is 1. The van der Waals surface area contributed by atoms with E-state index >= 15 is 0 Å². The second-order valence-corrected chi connectivity index (χ2v) is 9.37. The van der Waals surface area contributed by atoms with E-state index in [2.05, 4.69) is 6.92 Å². The molecule has 1 fully saturated rings. The first-order chi connectivity index (χ1) is 12.3. The third-order valence-electron chi connectivity index (χ3n) is 5.04. The largest absolute Gasteiger partial charge is 0.345 e. The molecule has 1 aromatic rings. The molecule has 7 heteroatoms. The minimum Gasteiger partial charge on any atom is -0.345 e. The fourth-order valence-electron chi connectivity index (χ4n) is 3.42. The van der Waals surface area contributed by atoms with Crippen LogP contribution in [-0.4, -0.2) is 53.8 Å². The number of hydrogen-bond acceptors (Lipinski definition) is 3. The number of nitrogens with zero attached hydrogens (tertiary/aromatic N) is 3. The number of carbonyl (C=O) groups is 1. The number of aryl methyl sites for hydroxylation is 1. The van der Waals surface area contributed by atoms with Crippen molar-refractivity contribution in [2.75, 3.05) is 19.6 Å². The van der Waals surface area contributed by atoms with Gasteiger partial charge in [0.15, 0.2) is 0 Å². The summed E-state index contributed by atoms with van der Waals surface area (Å²) in [5, 5.41) is 0. The molecule has 26 heavy (non-hydrogen) atoms. The van der Waals surface area contributed by atoms with Crippen molar-refractivity contribution in [3.05, 3.63) is 18.0 Å². The molecule has 1 amide bonds. The van der Waals surface area contributed by atoms with E-state index in [1.54, 1.807) is 28.2 Å². The average Bonchev–Trinajstić information content (AvgIpc) is 3.01. The Bertz CT molecular complexity index is 704. The number of unbranched alkanes of at least 4 members (excludes halogenated alkanes) is 2. The zero-order valence-electron chi connectivity index (χ0n) is 16.6. The average molecular weight is 384 g/mol. The van der Waals surface area contributed by atoms with Crippen molar-refractivity contribution in [2.45, 2.75) is 70.2 Å². The van der Waals surface area contributed by atoms with Crippen molar-refractivity contribution in [2.24, 2.45) is 7.05 Å². The summed E-state index contributed by atoms with van der Waals surface area (Å²) in [5.41, 5.74) is 0.436. The Hall–Kier alpha value is -1.34. The van der Waals surface area contributed by atoms with Crippen LogP contribution in [0.3, 0.4) is 0 Å². The highest BCUT2D eigenvalue weighted by atomic mass is 32.2. The molecule has 1 saturated heterocycles. The third-order valence-corrected chi connectivity index (χ3v) is 6.90. The highest BCUT2D eigenvalue weighted by Gasteiger charge is 2.29. The summed E-state index contributed by atoms with van der Waals surface area (Å²) in [4.78, 5) is 15.1. The molecule has 2 heterocycles. The fraction of sp³-hybridized carbons (Fsp3) is 0.737. The Balaban J connectivity index is 2.23. The number of hydrogen-bond donors (Lipinski definition) is 0. The van der Waals surface area contributed by atoms with Crippen LogP contribution in [-0.2, 0) is 17.1 Å². The SMILES string of the molecule is CCCCCN(C(=O)c1cc(S(=O)(=O)N2CCCCC2)cn1C)C(C)C. The quantitative estimate of drug-likeness (QED) is 0.648. The molecule has 0 aromatic carbocycles. The molecule has 0 atom stereocenters. The van der Waals surface area contributed by atoms with Crippen LogP contribution < -0.4 is 0 Å². The second-order valence-electron chi connectivity index (χ2n) is 7.44. The standard InChI is InChI=1S/C19H33N3O3S/c1-5-6-8-13-22(16(2)3)19(23)18-14-17(15-20(18)4)26(24,25)21-11-9-7-10-12-21/h14-16H,5-13H2,1-4H3. The normalized spacial score (nSPS) is 16.2. The van der Waals surface area contributed by atoms with Crippen molar-refractivity contribution < 1.29 is 13.2 Å². The van der Waals surface area contributed by atoms with Crippen LogP contribution in [0.5, 0.6) is 0 Å². The fourth-order valence-corrected chi connectivity index (χ4v) is 5.00. The minimum absolute atomic E-state index is 0.0800. The van der Waals surface area contributed by atoms with E-state index in [9.17, 15) is 13.2 Å². The van der Waals surface area contributed by atoms with Gasteiger partial charge in [-0.05, 0) is 39.2 Å². The monoisotopic (exact) mass is 383 g/mol. The molecule has 6 nitrogen and oxygen atoms in total. The predicted molar refractivity (Wildman–Crippen MR) is 104 cm³/mol. The molecule has 148 valence electrons. The van der Waals surface area contributed by atoms with Gasteiger partial charge in [-0.25, -0.2) is 8.42 Å². The van der Waals surface area contributed by atoms with Crippen LogP contribution >= 0.6 is 0 Å². The maximum Gasteiger partial charge on any atom is 0.270 e. The van der Waals surface area contributed by atoms with Crippen molar-refractivity contribution >= 4 is 15.9 Å². The maximum atomic E-state index is 13.0. The van der Waals surface area contributed by atoms with Gasteiger partial charge in [-0.1, -0.05) is 26.2 Å². The first-order valence-electron chi connectivity index (χ1n) is 9.76. The third kappa shape index (κ3) is 4.68. The number of amides is 1. The first kappa shape index (κ1) is 21.0. The van der Waals surface area contributed by atoms with Gasteiger partial charge in [-0.3, -0.25) is 4.79 Å². The summed E-state index contributed by atoms with van der Waals surface area (Å²) in [6.07, 6.45) is 7.59. The lowest BCUT2D eigenvalue weighted by Gasteiger charge is -2.27. The van der Waals surface area contributed by atoms with Crippen molar-refractivity contribution in [3.8, 4) is 0 Å². The summed E-state index contributed by atoms with van der Waals surface area (Å²) in [7, 11) is -1.78. The Morgan fingerprint density at radius 2 is 1.85 bits per heavy atom. The maximum absolute atomic E-state index is 13.0. The molecule has 0 unspecified atom stereocenters. The molecule has 1 aliphatic heterocycles. The van der Waals surface area contributed by atoms with E-state index in [1.807, 2.05) is 18.7 Å². The molecule has 1 aromatic heterocycles. The van der Waals surface area contributed by atoms with Crippen molar-refractivity contribution in [3.63, 3.8) is 0 Å². The molecule has 0 radical (unpaired) electrons. The summed E-state index contributed by atoms with van der Waals surface area (Å²) in [6, 6.07) is 1.62. The van der Waals surface area contributed by atoms with Gasteiger partial charge in [-0.15, -0.1) is 0 Å². The van der Waals surface area contributed by atoms with E-state index in [1.165, 1.54) is 0 Å². The topological polar surface area (TPSA) is 62.6 Å². The zero-order valence-corrected chi connectivity index (χ0v) is 17.4. The van der Waals surface area contributed by atoms with E-state index in [0.717, 1.165) is 38.5 Å². The smallest absolute Gasteiger partial charge is 0.270 e. The molecule has 1 aliphatic rings. The molecule has 0 N–H and O–H groups in total. The van der Waals surface area contributed by atoms with Gasteiger partial charge in [-0.2, -0.15) is 4.31 Å². The minimum atomic E-state index is -3.52. The molecular weight excluding hydrogens is 350 g/mol. The van der Waals surface area contributed by atoms with E-state index in [0.29, 0.717) is 25.3 Å². The summed E-state index contributed by atoms with van der Waals surface area (Å²) < 4.78 is 28.9. The lowest BCUT2D eigenvalue weighted by molar-refractivity contribution is 0.0692. The Kier molecular flexibility index (Phi) is 7.29. The van der Waals surface area contributed by atoms with Gasteiger partial charge in [0.05, 0.1) is 0 Å². The molecular formula is C19H33N3O3S. The summed E-state index contributed by atoms with van der Waals surface area (Å²) in [6.45, 7) is 7.96. The van der Waals surface area contributed by atoms with Gasteiger partial charge < -0.3 is 9.47 Å². The van der Waals surface area contributed by atoms with Gasteiger partial charge in [0.2, 0.25) is 10.0 Å². The highest BCUT2D eigenvalue weighted by Crippen LogP contribution is 2.23. The lowest BCUT2D eigenvalue weighted by atomic mass is 10.2. The molecule has 0 spiro atoms. The van der Waals surface area contributed by atoms with Crippen molar-refractivity contribution in [1.29, 1.82) is 0 Å². The number of piperidine rings is 1. The van der Waals surface area contributed by atoms with E-state index < -0.39 is 10.0 Å². The van der Waals surface area contributed by atoms with Gasteiger partial charge in [0.25, 0.3) is 5.91 Å². The molecule has 0 bridgehead atoms. The van der Waals surface area contributed by atoms with E-state index in [4.69, 9.17) is 0 Å². The highest BCUT2D eigenvalue weighted by molar-refractivity contribution is 7.89. The van der Waals surface area contributed by atoms with E-state index in [-0.39, 0.29) is 16.8 Å². The number of aromatic nitrogens is 1. The van der Waals surface area contributed by atoms with Crippen LogP contribution in [0.4, 0.5) is 0 Å². The summed E-state index contributed by atoms with van der Waals surface area (Å²) in [5.74, 6) is -0.0984. The van der Waals surface area contributed by atoms with Crippen LogP contribution in [0, 0.1) is 0 Å². The lowest BCUT2D eigenvalue weighted by Crippen LogP contribution is -2.38. The molecule has 0 saturated carbocycles. The molecule has 0 aliphatic carbocycles. The zero-order chi connectivity index (χ0) is 19.3. The Labute approximate surface area is 158 Å². The first-order valence-corrected chi connectivity index (χ1v) is 11.2. The summed E-state index contributed by atoms with van der Waals surface area (Å²) >= 11 is 0. The van der Waals surface area contributed by atoms with Gasteiger partial charge >= 0.3 is 0 Å². The molecule has 2 rings (SSSR count). The predicted octanol–water partition coefficient (Wildman–Crippen LogP) is 3.24. The number of sulfonamides is 1. The second kappa shape index (κ2) is 9.04. The van der Waals surface area contributed by atoms with Crippen LogP contribution in [0.15, 0.2) is 17.2 Å². The van der Waals surface area contributed by atoms with Gasteiger partial charge in [0, 0.05) is 38.9 Å². The van der Waals surface area contributed by atoms with Crippen LogP contribution in [0.25, 0.3) is 0 Å². The van der Waals surface area contributed by atoms with Crippen LogP contribution in [0.2, 0.25) is 0 Å².